The summed E-state index contributed by atoms with van der Waals surface area (Å²) in [6.45, 7) is 0.332. The van der Waals surface area contributed by atoms with E-state index < -0.39 is 11.8 Å². The predicted octanol–water partition coefficient (Wildman–Crippen LogP) is 1.54. The number of alkyl halides is 2. The molecule has 3 atom stereocenters. The summed E-state index contributed by atoms with van der Waals surface area (Å²) < 4.78 is 30.2. The Bertz CT molecular complexity index is 200. The first-order valence-electron chi connectivity index (χ1n) is 4.80. The van der Waals surface area contributed by atoms with Gasteiger partial charge in [0.2, 0.25) is 6.43 Å². The third kappa shape index (κ3) is 1.46. The van der Waals surface area contributed by atoms with Crippen molar-refractivity contribution in [2.45, 2.75) is 44.3 Å². The van der Waals surface area contributed by atoms with Crippen LogP contribution >= 0.6 is 0 Å². The molecule has 0 aromatic carbocycles. The molecule has 13 heavy (non-hydrogen) atoms. The fourth-order valence-corrected chi connectivity index (χ4v) is 2.71. The molecule has 0 radical (unpaired) electrons. The number of ether oxygens (including phenoxy) is 1. The molecule has 4 heteroatoms. The average Bonchev–Trinajstić information content (AvgIpc) is 2.62. The SMILES string of the molecule is NCC1(CC(F)F)CC2CCC1O2. The van der Waals surface area contributed by atoms with Gasteiger partial charge in [0.25, 0.3) is 0 Å². The molecule has 2 N–H and O–H groups in total. The van der Waals surface area contributed by atoms with Gasteiger partial charge in [-0.25, -0.2) is 8.78 Å². The molecule has 2 saturated heterocycles. The molecule has 2 nitrogen and oxygen atoms in total. The van der Waals surface area contributed by atoms with E-state index in [0.717, 1.165) is 19.3 Å². The van der Waals surface area contributed by atoms with E-state index in [4.69, 9.17) is 10.5 Å². The van der Waals surface area contributed by atoms with Gasteiger partial charge in [0, 0.05) is 18.4 Å². The number of hydrogen-bond acceptors (Lipinski definition) is 2. The highest BCUT2D eigenvalue weighted by atomic mass is 19.3. The summed E-state index contributed by atoms with van der Waals surface area (Å²) in [5, 5.41) is 0. The topological polar surface area (TPSA) is 35.2 Å². The molecule has 76 valence electrons. The first-order valence-corrected chi connectivity index (χ1v) is 4.80. The quantitative estimate of drug-likeness (QED) is 0.734. The van der Waals surface area contributed by atoms with Crippen LogP contribution in [0, 0.1) is 5.41 Å². The van der Waals surface area contributed by atoms with Crippen LogP contribution in [0.15, 0.2) is 0 Å². The van der Waals surface area contributed by atoms with Gasteiger partial charge in [-0.3, -0.25) is 0 Å². The third-order valence-electron chi connectivity index (χ3n) is 3.39. The van der Waals surface area contributed by atoms with E-state index in [1.165, 1.54) is 0 Å². The molecule has 2 bridgehead atoms. The lowest BCUT2D eigenvalue weighted by Gasteiger charge is -2.33. The van der Waals surface area contributed by atoms with E-state index >= 15 is 0 Å². The van der Waals surface area contributed by atoms with Crippen molar-refractivity contribution in [1.82, 2.24) is 0 Å². The van der Waals surface area contributed by atoms with E-state index in [0.29, 0.717) is 6.54 Å². The van der Waals surface area contributed by atoms with Crippen molar-refractivity contribution in [2.24, 2.45) is 11.1 Å². The minimum absolute atomic E-state index is 0.00324. The molecule has 2 aliphatic rings. The van der Waals surface area contributed by atoms with Gasteiger partial charge in [-0.1, -0.05) is 0 Å². The number of hydrogen-bond donors (Lipinski definition) is 1. The zero-order valence-corrected chi connectivity index (χ0v) is 7.51. The first-order chi connectivity index (χ1) is 6.16. The van der Waals surface area contributed by atoms with Crippen LogP contribution in [0.2, 0.25) is 0 Å². The Labute approximate surface area is 76.4 Å². The van der Waals surface area contributed by atoms with Crippen LogP contribution in [0.3, 0.4) is 0 Å². The molecule has 2 heterocycles. The van der Waals surface area contributed by atoms with E-state index in [1.807, 2.05) is 0 Å². The van der Waals surface area contributed by atoms with Gasteiger partial charge in [-0.05, 0) is 19.3 Å². The molecule has 0 aliphatic carbocycles. The molecule has 2 fully saturated rings. The molecule has 0 amide bonds. The van der Waals surface area contributed by atoms with Crippen LogP contribution < -0.4 is 5.73 Å². The fourth-order valence-electron chi connectivity index (χ4n) is 2.71. The van der Waals surface area contributed by atoms with Crippen LogP contribution in [0.25, 0.3) is 0 Å². The highest BCUT2D eigenvalue weighted by molar-refractivity contribution is 5.01. The van der Waals surface area contributed by atoms with Crippen molar-refractivity contribution in [2.75, 3.05) is 6.54 Å². The Balaban J connectivity index is 2.08. The van der Waals surface area contributed by atoms with Gasteiger partial charge >= 0.3 is 0 Å². The molecule has 2 aliphatic heterocycles. The molecule has 0 saturated carbocycles. The Morgan fingerprint density at radius 2 is 2.23 bits per heavy atom. The number of nitrogens with two attached hydrogens (primary N) is 1. The summed E-state index contributed by atoms with van der Waals surface area (Å²) in [5.74, 6) is 0. The second-order valence-corrected chi connectivity index (χ2v) is 4.19. The van der Waals surface area contributed by atoms with Crippen LogP contribution in [-0.4, -0.2) is 25.2 Å². The molecule has 3 unspecified atom stereocenters. The smallest absolute Gasteiger partial charge is 0.239 e. The predicted molar refractivity (Wildman–Crippen MR) is 44.6 cm³/mol. The highest BCUT2D eigenvalue weighted by Gasteiger charge is 2.52. The second-order valence-electron chi connectivity index (χ2n) is 4.19. The molecule has 0 aromatic rings. The first kappa shape index (κ1) is 9.34. The Morgan fingerprint density at radius 1 is 1.46 bits per heavy atom. The summed E-state index contributed by atoms with van der Waals surface area (Å²) in [7, 11) is 0. The van der Waals surface area contributed by atoms with Crippen molar-refractivity contribution in [3.63, 3.8) is 0 Å². The van der Waals surface area contributed by atoms with Crippen molar-refractivity contribution in [1.29, 1.82) is 0 Å². The minimum atomic E-state index is -2.26. The maximum absolute atomic E-state index is 12.3. The van der Waals surface area contributed by atoms with Gasteiger partial charge in [0.1, 0.15) is 0 Å². The van der Waals surface area contributed by atoms with E-state index in [9.17, 15) is 8.78 Å². The number of halogens is 2. The van der Waals surface area contributed by atoms with E-state index in [-0.39, 0.29) is 18.6 Å². The summed E-state index contributed by atoms with van der Waals surface area (Å²) in [4.78, 5) is 0. The average molecular weight is 191 g/mol. The van der Waals surface area contributed by atoms with Crippen LogP contribution in [0.4, 0.5) is 8.78 Å². The lowest BCUT2D eigenvalue weighted by atomic mass is 9.72. The second kappa shape index (κ2) is 3.17. The number of rotatable bonds is 3. The molecular weight excluding hydrogens is 176 g/mol. The van der Waals surface area contributed by atoms with Crippen molar-refractivity contribution >= 4 is 0 Å². The Hall–Kier alpha value is -0.220. The van der Waals surface area contributed by atoms with E-state index in [1.54, 1.807) is 0 Å². The summed E-state index contributed by atoms with van der Waals surface area (Å²) in [6.07, 6.45) is 0.517. The largest absolute Gasteiger partial charge is 0.374 e. The number of fused-ring (bicyclic) bond motifs is 2. The van der Waals surface area contributed by atoms with Gasteiger partial charge in [-0.15, -0.1) is 0 Å². The van der Waals surface area contributed by atoms with Gasteiger partial charge in [0.05, 0.1) is 12.2 Å². The highest BCUT2D eigenvalue weighted by Crippen LogP contribution is 2.50. The lowest BCUT2D eigenvalue weighted by Crippen LogP contribution is -2.41. The molecule has 2 rings (SSSR count). The van der Waals surface area contributed by atoms with E-state index in [2.05, 4.69) is 0 Å². The standard InChI is InChI=1S/C9H15F2NO/c10-8(11)4-9(5-12)3-6-1-2-7(9)13-6/h6-8H,1-5,12H2. The van der Waals surface area contributed by atoms with Crippen molar-refractivity contribution in [3.8, 4) is 0 Å². The molecule has 0 spiro atoms. The minimum Gasteiger partial charge on any atom is -0.374 e. The van der Waals surface area contributed by atoms with Crippen molar-refractivity contribution in [3.05, 3.63) is 0 Å². The summed E-state index contributed by atoms with van der Waals surface area (Å²) >= 11 is 0. The maximum atomic E-state index is 12.3. The van der Waals surface area contributed by atoms with Crippen LogP contribution in [-0.2, 0) is 4.74 Å². The Kier molecular flexibility index (Phi) is 2.28. The zero-order chi connectivity index (χ0) is 9.47. The summed E-state index contributed by atoms with van der Waals surface area (Å²) in [6, 6.07) is 0. The Morgan fingerprint density at radius 3 is 2.62 bits per heavy atom. The fraction of sp³-hybridized carbons (Fsp3) is 1.00. The summed E-state index contributed by atoms with van der Waals surface area (Å²) in [5.41, 5.74) is 5.17. The van der Waals surface area contributed by atoms with Crippen LogP contribution in [0.1, 0.15) is 25.7 Å². The van der Waals surface area contributed by atoms with Gasteiger partial charge < -0.3 is 10.5 Å². The van der Waals surface area contributed by atoms with Gasteiger partial charge in [-0.2, -0.15) is 0 Å². The monoisotopic (exact) mass is 191 g/mol. The zero-order valence-electron chi connectivity index (χ0n) is 7.51. The molecular formula is C9H15F2NO. The van der Waals surface area contributed by atoms with Crippen LogP contribution in [0.5, 0.6) is 0 Å². The molecule has 0 aromatic heterocycles. The third-order valence-corrected chi connectivity index (χ3v) is 3.39. The van der Waals surface area contributed by atoms with Gasteiger partial charge in [0.15, 0.2) is 0 Å². The maximum Gasteiger partial charge on any atom is 0.239 e. The van der Waals surface area contributed by atoms with Crippen molar-refractivity contribution < 1.29 is 13.5 Å². The normalized spacial score (nSPS) is 43.4. The lowest BCUT2D eigenvalue weighted by molar-refractivity contribution is 0.0187.